The zero-order chi connectivity index (χ0) is 20.9. The average Bonchev–Trinajstić information content (AvgIpc) is 2.68. The van der Waals surface area contributed by atoms with Gasteiger partial charge in [0.05, 0.1) is 4.90 Å². The molecule has 0 unspecified atom stereocenters. The van der Waals surface area contributed by atoms with Crippen molar-refractivity contribution in [1.82, 2.24) is 4.72 Å². The Morgan fingerprint density at radius 2 is 1.41 bits per heavy atom. The molecular formula is C23H24N2O3S. The number of nitrogens with one attached hydrogen (secondary N) is 2. The van der Waals surface area contributed by atoms with Gasteiger partial charge in [-0.2, -0.15) is 4.72 Å². The van der Waals surface area contributed by atoms with Gasteiger partial charge in [0, 0.05) is 5.69 Å². The molecule has 6 heteroatoms. The van der Waals surface area contributed by atoms with Crippen LogP contribution >= 0.6 is 0 Å². The van der Waals surface area contributed by atoms with Gasteiger partial charge in [-0.05, 0) is 61.2 Å². The number of aryl methyl sites for hydroxylation is 2. The van der Waals surface area contributed by atoms with E-state index in [1.807, 2.05) is 62.4 Å². The van der Waals surface area contributed by atoms with Crippen LogP contribution in [0.3, 0.4) is 0 Å². The van der Waals surface area contributed by atoms with E-state index in [1.165, 1.54) is 12.1 Å². The molecule has 0 radical (unpaired) electrons. The van der Waals surface area contributed by atoms with Gasteiger partial charge in [-0.15, -0.1) is 0 Å². The Kier molecular flexibility index (Phi) is 6.46. The highest BCUT2D eigenvalue weighted by Gasteiger charge is 2.26. The minimum Gasteiger partial charge on any atom is -0.325 e. The van der Waals surface area contributed by atoms with Crippen LogP contribution in [0, 0.1) is 13.8 Å². The van der Waals surface area contributed by atoms with Crippen molar-refractivity contribution in [3.05, 3.63) is 95.6 Å². The molecule has 0 saturated carbocycles. The maximum Gasteiger partial charge on any atom is 0.242 e. The summed E-state index contributed by atoms with van der Waals surface area (Å²) in [5, 5.41) is 2.85. The van der Waals surface area contributed by atoms with Crippen LogP contribution in [0.4, 0.5) is 5.69 Å². The number of hydrogen-bond donors (Lipinski definition) is 2. The number of carbonyl (C=O) groups is 1. The normalized spacial score (nSPS) is 12.3. The molecule has 0 aromatic heterocycles. The monoisotopic (exact) mass is 408 g/mol. The number of sulfonamides is 1. The number of hydrogen-bond acceptors (Lipinski definition) is 3. The lowest BCUT2D eigenvalue weighted by atomic mass is 10.1. The molecule has 3 aromatic carbocycles. The molecule has 3 rings (SSSR count). The first-order valence-corrected chi connectivity index (χ1v) is 10.8. The summed E-state index contributed by atoms with van der Waals surface area (Å²) in [6.07, 6.45) is 0.240. The second kappa shape index (κ2) is 9.03. The predicted octanol–water partition coefficient (Wildman–Crippen LogP) is 3.83. The third kappa shape index (κ3) is 5.76. The minimum atomic E-state index is -3.84. The summed E-state index contributed by atoms with van der Waals surface area (Å²) in [7, 11) is -3.84. The zero-order valence-electron chi connectivity index (χ0n) is 16.4. The Morgan fingerprint density at radius 3 is 2.00 bits per heavy atom. The minimum absolute atomic E-state index is 0.122. The molecule has 0 bridgehead atoms. The van der Waals surface area contributed by atoms with Crippen molar-refractivity contribution in [1.29, 1.82) is 0 Å². The van der Waals surface area contributed by atoms with E-state index in [0.29, 0.717) is 5.69 Å². The first-order chi connectivity index (χ1) is 13.8. The molecule has 1 atom stereocenters. The van der Waals surface area contributed by atoms with Crippen LogP contribution < -0.4 is 10.0 Å². The smallest absolute Gasteiger partial charge is 0.242 e. The molecule has 0 spiro atoms. The highest BCUT2D eigenvalue weighted by molar-refractivity contribution is 7.89. The second-order valence-electron chi connectivity index (χ2n) is 7.04. The average molecular weight is 409 g/mol. The second-order valence-corrected chi connectivity index (χ2v) is 8.76. The summed E-state index contributed by atoms with van der Waals surface area (Å²) in [5.41, 5.74) is 3.54. The van der Waals surface area contributed by atoms with Crippen LogP contribution in [0.15, 0.2) is 83.8 Å². The van der Waals surface area contributed by atoms with E-state index in [-0.39, 0.29) is 11.3 Å². The molecule has 2 N–H and O–H groups in total. The van der Waals surface area contributed by atoms with Crippen molar-refractivity contribution >= 4 is 21.6 Å². The Labute approximate surface area is 171 Å². The van der Waals surface area contributed by atoms with Crippen molar-refractivity contribution in [2.75, 3.05) is 5.32 Å². The Balaban J connectivity index is 1.87. The van der Waals surface area contributed by atoms with E-state index in [0.717, 1.165) is 16.7 Å². The SMILES string of the molecule is Cc1cc(C)cc(NC(=O)[C@@H](Cc2ccccc2)NS(=O)(=O)c2ccccc2)c1. The number of benzene rings is 3. The van der Waals surface area contributed by atoms with Gasteiger partial charge in [0.25, 0.3) is 0 Å². The van der Waals surface area contributed by atoms with Crippen molar-refractivity contribution in [2.24, 2.45) is 0 Å². The van der Waals surface area contributed by atoms with Crippen LogP contribution in [-0.4, -0.2) is 20.4 Å². The molecule has 0 aliphatic heterocycles. The molecule has 3 aromatic rings. The van der Waals surface area contributed by atoms with Gasteiger partial charge >= 0.3 is 0 Å². The van der Waals surface area contributed by atoms with Crippen molar-refractivity contribution in [2.45, 2.75) is 31.2 Å². The molecule has 0 heterocycles. The molecule has 0 fully saturated rings. The lowest BCUT2D eigenvalue weighted by Gasteiger charge is -2.19. The number of anilines is 1. The fourth-order valence-electron chi connectivity index (χ4n) is 3.17. The van der Waals surface area contributed by atoms with Crippen LogP contribution in [0.5, 0.6) is 0 Å². The van der Waals surface area contributed by atoms with E-state index in [1.54, 1.807) is 18.2 Å². The molecular weight excluding hydrogens is 384 g/mol. The molecule has 0 saturated heterocycles. The summed E-state index contributed by atoms with van der Waals surface area (Å²) < 4.78 is 28.2. The molecule has 0 aliphatic carbocycles. The summed E-state index contributed by atoms with van der Waals surface area (Å²) in [6.45, 7) is 3.89. The third-order valence-corrected chi connectivity index (χ3v) is 5.93. The van der Waals surface area contributed by atoms with Gasteiger partial charge in [0.1, 0.15) is 6.04 Å². The lowest BCUT2D eigenvalue weighted by molar-refractivity contribution is -0.117. The maximum atomic E-state index is 13.0. The molecule has 29 heavy (non-hydrogen) atoms. The van der Waals surface area contributed by atoms with E-state index >= 15 is 0 Å². The van der Waals surface area contributed by atoms with Crippen molar-refractivity contribution < 1.29 is 13.2 Å². The standard InChI is InChI=1S/C23H24N2O3S/c1-17-13-18(2)15-20(14-17)24-23(26)22(16-19-9-5-3-6-10-19)25-29(27,28)21-11-7-4-8-12-21/h3-15,22,25H,16H2,1-2H3,(H,24,26)/t22-/m1/s1. The van der Waals surface area contributed by atoms with Gasteiger partial charge in [0.15, 0.2) is 0 Å². The lowest BCUT2D eigenvalue weighted by Crippen LogP contribution is -2.45. The number of carbonyl (C=O) groups excluding carboxylic acids is 1. The topological polar surface area (TPSA) is 75.3 Å². The molecule has 5 nitrogen and oxygen atoms in total. The van der Waals surface area contributed by atoms with Gasteiger partial charge in [-0.3, -0.25) is 4.79 Å². The Morgan fingerprint density at radius 1 is 0.862 bits per heavy atom. The van der Waals surface area contributed by atoms with Gasteiger partial charge in [-0.1, -0.05) is 54.6 Å². The van der Waals surface area contributed by atoms with Gasteiger partial charge in [0.2, 0.25) is 15.9 Å². The Hall–Kier alpha value is -2.96. The van der Waals surface area contributed by atoms with Crippen molar-refractivity contribution in [3.63, 3.8) is 0 Å². The third-order valence-electron chi connectivity index (χ3n) is 4.44. The highest BCUT2D eigenvalue weighted by Crippen LogP contribution is 2.16. The summed E-state index contributed by atoms with van der Waals surface area (Å²) in [4.78, 5) is 13.1. The van der Waals surface area contributed by atoms with Crippen LogP contribution in [0.1, 0.15) is 16.7 Å². The molecule has 0 aliphatic rings. The van der Waals surface area contributed by atoms with Crippen LogP contribution in [0.2, 0.25) is 0 Å². The molecule has 1 amide bonds. The maximum absolute atomic E-state index is 13.0. The fourth-order valence-corrected chi connectivity index (χ4v) is 4.39. The number of amides is 1. The highest BCUT2D eigenvalue weighted by atomic mass is 32.2. The molecule has 150 valence electrons. The summed E-state index contributed by atoms with van der Waals surface area (Å²) >= 11 is 0. The van der Waals surface area contributed by atoms with Gasteiger partial charge < -0.3 is 5.32 Å². The van der Waals surface area contributed by atoms with Crippen LogP contribution in [0.25, 0.3) is 0 Å². The van der Waals surface area contributed by atoms with Gasteiger partial charge in [-0.25, -0.2) is 8.42 Å². The number of rotatable bonds is 7. The van der Waals surface area contributed by atoms with E-state index < -0.39 is 22.0 Å². The van der Waals surface area contributed by atoms with Crippen LogP contribution in [-0.2, 0) is 21.2 Å². The summed E-state index contributed by atoms with van der Waals surface area (Å²) in [6, 6.07) is 22.2. The van der Waals surface area contributed by atoms with E-state index in [2.05, 4.69) is 10.0 Å². The predicted molar refractivity (Wildman–Crippen MR) is 115 cm³/mol. The largest absolute Gasteiger partial charge is 0.325 e. The quantitative estimate of drug-likeness (QED) is 0.624. The zero-order valence-corrected chi connectivity index (χ0v) is 17.2. The van der Waals surface area contributed by atoms with E-state index in [4.69, 9.17) is 0 Å². The Bertz CT molecular complexity index is 1060. The summed E-state index contributed by atoms with van der Waals surface area (Å²) in [5.74, 6) is -0.404. The first-order valence-electron chi connectivity index (χ1n) is 9.34. The fraction of sp³-hybridized carbons (Fsp3) is 0.174. The first kappa shape index (κ1) is 20.8. The van der Waals surface area contributed by atoms with Crippen molar-refractivity contribution in [3.8, 4) is 0 Å². The van der Waals surface area contributed by atoms with E-state index in [9.17, 15) is 13.2 Å².